The second kappa shape index (κ2) is 6.19. The second-order valence-electron chi connectivity index (χ2n) is 3.40. The maximum Gasteiger partial charge on any atom is 0.485 e. The molecular weight excluding hydrogens is 273 g/mol. The van der Waals surface area contributed by atoms with Gasteiger partial charge >= 0.3 is 5.51 Å². The number of hydrogen-bond donors (Lipinski definition) is 0. The van der Waals surface area contributed by atoms with Gasteiger partial charge in [0.25, 0.3) is 0 Å². The van der Waals surface area contributed by atoms with Crippen LogP contribution in [0.1, 0.15) is 19.5 Å². The van der Waals surface area contributed by atoms with Crippen LogP contribution in [0.5, 0.6) is 0 Å². The molecule has 9 heteroatoms. The van der Waals surface area contributed by atoms with Crippen LogP contribution in [0.25, 0.3) is 0 Å². The Balaban J connectivity index is 0.000000331. The van der Waals surface area contributed by atoms with Gasteiger partial charge in [-0.05, 0) is 13.8 Å². The van der Waals surface area contributed by atoms with Crippen molar-refractivity contribution in [1.29, 1.82) is 0 Å². The summed E-state index contributed by atoms with van der Waals surface area (Å²) in [4.78, 5) is 0. The van der Waals surface area contributed by atoms with Crippen molar-refractivity contribution in [1.82, 2.24) is 4.57 Å². The van der Waals surface area contributed by atoms with E-state index in [-0.39, 0.29) is 0 Å². The summed E-state index contributed by atoms with van der Waals surface area (Å²) in [6.07, 6.45) is 4.32. The normalized spacial score (nSPS) is 11.9. The lowest BCUT2D eigenvalue weighted by atomic mass is 10.5. The Hall–Kier alpha value is -1.09. The van der Waals surface area contributed by atoms with E-state index in [0.29, 0.717) is 0 Å². The molecule has 0 aliphatic carbocycles. The van der Waals surface area contributed by atoms with Crippen LogP contribution in [0.4, 0.5) is 13.2 Å². The van der Waals surface area contributed by atoms with E-state index < -0.39 is 15.6 Å². The van der Waals surface area contributed by atoms with E-state index in [9.17, 15) is 13.2 Å². The molecule has 0 N–H and O–H groups in total. The SMILES string of the molecule is CCn1c[n+](CC)cc1C.O=S(=O)([O-])C(F)(F)F. The summed E-state index contributed by atoms with van der Waals surface area (Å²) in [7, 11) is -6.09. The monoisotopic (exact) mass is 288 g/mol. The molecule has 0 unspecified atom stereocenters. The average molecular weight is 288 g/mol. The van der Waals surface area contributed by atoms with Gasteiger partial charge in [0.1, 0.15) is 11.9 Å². The van der Waals surface area contributed by atoms with Crippen molar-refractivity contribution in [2.45, 2.75) is 39.4 Å². The third-order valence-electron chi connectivity index (χ3n) is 2.08. The molecule has 0 bridgehead atoms. The molecule has 0 saturated heterocycles. The third kappa shape index (κ3) is 5.05. The lowest BCUT2D eigenvalue weighted by Crippen LogP contribution is -2.28. The van der Waals surface area contributed by atoms with Crippen molar-refractivity contribution in [3.63, 3.8) is 0 Å². The Morgan fingerprint density at radius 2 is 1.83 bits per heavy atom. The Bertz CT molecular complexity index is 480. The predicted octanol–water partition coefficient (Wildman–Crippen LogP) is 1.18. The highest BCUT2D eigenvalue weighted by molar-refractivity contribution is 7.86. The van der Waals surface area contributed by atoms with E-state index in [1.165, 1.54) is 5.69 Å². The molecule has 0 aliphatic rings. The number of hydrogen-bond acceptors (Lipinski definition) is 3. The quantitative estimate of drug-likeness (QED) is 0.466. The van der Waals surface area contributed by atoms with E-state index in [2.05, 4.69) is 42.4 Å². The van der Waals surface area contributed by atoms with Crippen molar-refractivity contribution >= 4 is 10.1 Å². The van der Waals surface area contributed by atoms with Crippen molar-refractivity contribution in [2.24, 2.45) is 0 Å². The van der Waals surface area contributed by atoms with Gasteiger partial charge in [-0.2, -0.15) is 13.2 Å². The van der Waals surface area contributed by atoms with Gasteiger partial charge in [-0.1, -0.05) is 0 Å². The molecule has 5 nitrogen and oxygen atoms in total. The molecule has 1 aromatic heterocycles. The summed E-state index contributed by atoms with van der Waals surface area (Å²) in [6, 6.07) is 0. The molecule has 0 saturated carbocycles. The van der Waals surface area contributed by atoms with Gasteiger partial charge in [0, 0.05) is 6.92 Å². The molecule has 106 valence electrons. The van der Waals surface area contributed by atoms with Gasteiger partial charge in [-0.15, -0.1) is 0 Å². The Labute approximate surface area is 104 Å². The van der Waals surface area contributed by atoms with E-state index in [4.69, 9.17) is 13.0 Å². The van der Waals surface area contributed by atoms with Crippen LogP contribution in [0.15, 0.2) is 12.5 Å². The summed E-state index contributed by atoms with van der Waals surface area (Å²) in [5.41, 5.74) is -4.31. The van der Waals surface area contributed by atoms with Gasteiger partial charge in [0.2, 0.25) is 6.33 Å². The number of alkyl halides is 3. The zero-order valence-corrected chi connectivity index (χ0v) is 11.0. The minimum Gasteiger partial charge on any atom is -0.741 e. The van der Waals surface area contributed by atoms with Gasteiger partial charge < -0.3 is 4.55 Å². The molecule has 0 fully saturated rings. The summed E-state index contributed by atoms with van der Waals surface area (Å²) in [5, 5.41) is 0. The maximum atomic E-state index is 10.7. The highest BCUT2D eigenvalue weighted by Gasteiger charge is 2.36. The van der Waals surface area contributed by atoms with Gasteiger partial charge in [0.05, 0.1) is 13.1 Å². The van der Waals surface area contributed by atoms with Crippen LogP contribution in [0, 0.1) is 6.92 Å². The minimum atomic E-state index is -6.09. The molecule has 1 heterocycles. The molecule has 0 spiro atoms. The number of nitrogens with zero attached hydrogens (tertiary/aromatic N) is 2. The molecular formula is C9H15F3N2O3S. The van der Waals surface area contributed by atoms with Crippen LogP contribution in [-0.4, -0.2) is 23.0 Å². The molecule has 1 aromatic rings. The number of imidazole rings is 1. The highest BCUT2D eigenvalue weighted by Crippen LogP contribution is 2.20. The fourth-order valence-corrected chi connectivity index (χ4v) is 1.12. The highest BCUT2D eigenvalue weighted by atomic mass is 32.2. The van der Waals surface area contributed by atoms with Crippen molar-refractivity contribution < 1.29 is 30.7 Å². The summed E-state index contributed by atoms with van der Waals surface area (Å²) in [6.45, 7) is 8.58. The molecule has 0 aliphatic heterocycles. The molecule has 18 heavy (non-hydrogen) atoms. The van der Waals surface area contributed by atoms with Crippen LogP contribution >= 0.6 is 0 Å². The first kappa shape index (κ1) is 16.9. The summed E-state index contributed by atoms with van der Waals surface area (Å²) >= 11 is 0. The number of halogens is 3. The average Bonchev–Trinajstić information content (AvgIpc) is 2.57. The Morgan fingerprint density at radius 3 is 2.00 bits per heavy atom. The van der Waals surface area contributed by atoms with Crippen LogP contribution in [0.3, 0.4) is 0 Å². The van der Waals surface area contributed by atoms with Crippen molar-refractivity contribution in [3.8, 4) is 0 Å². The summed E-state index contributed by atoms with van der Waals surface area (Å²) < 4.78 is 63.3. The first-order chi connectivity index (χ1) is 8.02. The van der Waals surface area contributed by atoms with Crippen molar-refractivity contribution in [2.75, 3.05) is 0 Å². The second-order valence-corrected chi connectivity index (χ2v) is 4.77. The Kier molecular flexibility index (Phi) is 5.81. The fourth-order valence-electron chi connectivity index (χ4n) is 1.12. The third-order valence-corrected chi connectivity index (χ3v) is 2.65. The number of rotatable bonds is 2. The van der Waals surface area contributed by atoms with Crippen LogP contribution in [-0.2, 0) is 23.2 Å². The van der Waals surface area contributed by atoms with E-state index in [0.717, 1.165) is 13.1 Å². The number of aryl methyl sites for hydroxylation is 3. The van der Waals surface area contributed by atoms with E-state index >= 15 is 0 Å². The molecule has 1 rings (SSSR count). The molecule has 0 aromatic carbocycles. The first-order valence-electron chi connectivity index (χ1n) is 5.10. The van der Waals surface area contributed by atoms with Gasteiger partial charge in [-0.25, -0.2) is 17.6 Å². The largest absolute Gasteiger partial charge is 0.741 e. The molecule has 0 amide bonds. The van der Waals surface area contributed by atoms with E-state index in [1.54, 1.807) is 0 Å². The maximum absolute atomic E-state index is 10.7. The Morgan fingerprint density at radius 1 is 1.39 bits per heavy atom. The lowest BCUT2D eigenvalue weighted by Gasteiger charge is -2.08. The van der Waals surface area contributed by atoms with E-state index in [1.807, 2.05) is 0 Å². The van der Waals surface area contributed by atoms with Gasteiger partial charge in [0.15, 0.2) is 10.1 Å². The smallest absolute Gasteiger partial charge is 0.485 e. The standard InChI is InChI=1S/C8H15N2.CHF3O3S/c1-4-9-6-8(3)10(5-2)7-9;2-1(3,4)8(5,6)7/h6-7H,4-5H2,1-3H3;(H,5,6,7)/q+1;/p-1. The fraction of sp³-hybridized carbons (Fsp3) is 0.667. The lowest BCUT2D eigenvalue weighted by molar-refractivity contribution is -0.693. The van der Waals surface area contributed by atoms with Crippen LogP contribution < -0.4 is 4.57 Å². The zero-order valence-electron chi connectivity index (χ0n) is 10.2. The summed E-state index contributed by atoms with van der Waals surface area (Å²) in [5.74, 6) is 0. The zero-order chi connectivity index (χ0) is 14.6. The van der Waals surface area contributed by atoms with Gasteiger partial charge in [-0.3, -0.25) is 0 Å². The minimum absolute atomic E-state index is 1.06. The topological polar surface area (TPSA) is 66.0 Å². The predicted molar refractivity (Wildman–Crippen MR) is 56.5 cm³/mol. The molecule has 0 atom stereocenters. The number of aromatic nitrogens is 2. The first-order valence-corrected chi connectivity index (χ1v) is 6.51. The van der Waals surface area contributed by atoms with Crippen LogP contribution in [0.2, 0.25) is 0 Å². The molecule has 0 radical (unpaired) electrons. The van der Waals surface area contributed by atoms with Crippen molar-refractivity contribution in [3.05, 3.63) is 18.2 Å².